The maximum atomic E-state index is 6.03. The van der Waals surface area contributed by atoms with Crippen molar-refractivity contribution in [1.82, 2.24) is 0 Å². The Bertz CT molecular complexity index is 623. The average Bonchev–Trinajstić information content (AvgIpc) is 2.52. The van der Waals surface area contributed by atoms with Crippen molar-refractivity contribution in [1.29, 1.82) is 0 Å². The van der Waals surface area contributed by atoms with Crippen LogP contribution in [0.4, 0.5) is 0 Å². The van der Waals surface area contributed by atoms with Crippen LogP contribution < -0.4 is 10.5 Å². The molecule has 0 aliphatic heterocycles. The van der Waals surface area contributed by atoms with Crippen molar-refractivity contribution in [3.05, 3.63) is 90.0 Å². The molecular formula is C18H14ClSb. The first-order valence-corrected chi connectivity index (χ1v) is 10.7. The molecule has 0 aromatic heterocycles. The average molecular weight is 388 g/mol. The molecule has 0 saturated carbocycles. The van der Waals surface area contributed by atoms with Crippen LogP contribution in [0, 0.1) is 0 Å². The Morgan fingerprint density at radius 2 is 0.900 bits per heavy atom. The summed E-state index contributed by atoms with van der Waals surface area (Å²) in [6.45, 7) is 0. The van der Waals surface area contributed by atoms with Crippen LogP contribution in [0.2, 0.25) is 5.02 Å². The van der Waals surface area contributed by atoms with Crippen molar-refractivity contribution < 1.29 is 0 Å². The number of benzene rings is 3. The van der Waals surface area contributed by atoms with Gasteiger partial charge in [0.1, 0.15) is 0 Å². The molecule has 0 fully saturated rings. The van der Waals surface area contributed by atoms with E-state index in [-0.39, 0.29) is 0 Å². The molecule has 0 radical (unpaired) electrons. The van der Waals surface area contributed by atoms with Crippen molar-refractivity contribution in [3.63, 3.8) is 0 Å². The van der Waals surface area contributed by atoms with Gasteiger partial charge in [0.2, 0.25) is 0 Å². The molecule has 3 aromatic carbocycles. The number of halogens is 1. The van der Waals surface area contributed by atoms with Gasteiger partial charge in [0.25, 0.3) is 0 Å². The number of hydrogen-bond acceptors (Lipinski definition) is 0. The Morgan fingerprint density at radius 3 is 1.35 bits per heavy atom. The molecule has 0 saturated heterocycles. The monoisotopic (exact) mass is 386 g/mol. The third-order valence-corrected chi connectivity index (χ3v) is 10.3. The Morgan fingerprint density at radius 1 is 0.500 bits per heavy atom. The predicted molar refractivity (Wildman–Crippen MR) is 89.0 cm³/mol. The summed E-state index contributed by atoms with van der Waals surface area (Å²) in [6, 6.07) is 30.1. The van der Waals surface area contributed by atoms with Gasteiger partial charge in [0.05, 0.1) is 0 Å². The van der Waals surface area contributed by atoms with Crippen LogP contribution in [-0.2, 0) is 0 Å². The summed E-state index contributed by atoms with van der Waals surface area (Å²) in [4.78, 5) is 0. The fraction of sp³-hybridized carbons (Fsp3) is 0. The summed E-state index contributed by atoms with van der Waals surface area (Å²) in [5.41, 5.74) is 0. The molecule has 20 heavy (non-hydrogen) atoms. The van der Waals surface area contributed by atoms with Crippen LogP contribution in [-0.4, -0.2) is 20.2 Å². The summed E-state index contributed by atoms with van der Waals surface area (Å²) >= 11 is 4.12. The molecular weight excluding hydrogens is 373 g/mol. The summed E-state index contributed by atoms with van der Waals surface area (Å²) in [5.74, 6) is 0. The van der Waals surface area contributed by atoms with Crippen molar-refractivity contribution in [2.24, 2.45) is 0 Å². The molecule has 0 aliphatic rings. The molecule has 0 bridgehead atoms. The van der Waals surface area contributed by atoms with Gasteiger partial charge in [0.15, 0.2) is 0 Å². The summed E-state index contributed by atoms with van der Waals surface area (Å²) in [7, 11) is 0. The zero-order chi connectivity index (χ0) is 13.8. The van der Waals surface area contributed by atoms with E-state index in [2.05, 4.69) is 72.8 Å². The van der Waals surface area contributed by atoms with E-state index < -0.39 is 20.2 Å². The topological polar surface area (TPSA) is 0 Å². The Kier molecular flexibility index (Phi) is 4.45. The van der Waals surface area contributed by atoms with Gasteiger partial charge in [-0.2, -0.15) is 0 Å². The fourth-order valence-corrected chi connectivity index (χ4v) is 8.83. The fourth-order valence-electron chi connectivity index (χ4n) is 2.19. The molecule has 0 spiro atoms. The zero-order valence-corrected chi connectivity index (χ0v) is 14.2. The zero-order valence-electron chi connectivity index (χ0n) is 10.9. The molecule has 0 heterocycles. The van der Waals surface area contributed by atoms with Gasteiger partial charge < -0.3 is 0 Å². The van der Waals surface area contributed by atoms with Crippen molar-refractivity contribution in [3.8, 4) is 0 Å². The van der Waals surface area contributed by atoms with Crippen molar-refractivity contribution in [2.45, 2.75) is 0 Å². The molecule has 0 amide bonds. The summed E-state index contributed by atoms with van der Waals surface area (Å²) < 4.78 is 4.39. The molecule has 0 aliphatic carbocycles. The van der Waals surface area contributed by atoms with Gasteiger partial charge in [-0.3, -0.25) is 0 Å². The minimum atomic E-state index is -1.91. The van der Waals surface area contributed by atoms with E-state index >= 15 is 0 Å². The van der Waals surface area contributed by atoms with Gasteiger partial charge >= 0.3 is 132 Å². The number of hydrogen-bond donors (Lipinski definition) is 0. The Hall–Kier alpha value is -1.23. The first-order valence-electron chi connectivity index (χ1n) is 6.50. The van der Waals surface area contributed by atoms with Crippen molar-refractivity contribution >= 4 is 42.3 Å². The van der Waals surface area contributed by atoms with Crippen LogP contribution in [0.1, 0.15) is 0 Å². The van der Waals surface area contributed by atoms with Crippen LogP contribution in [0.5, 0.6) is 0 Å². The minimum absolute atomic E-state index is 0.801. The van der Waals surface area contributed by atoms with Crippen LogP contribution in [0.25, 0.3) is 0 Å². The van der Waals surface area contributed by atoms with Crippen LogP contribution in [0.3, 0.4) is 0 Å². The van der Waals surface area contributed by atoms with E-state index in [1.54, 1.807) is 0 Å². The van der Waals surface area contributed by atoms with E-state index in [4.69, 9.17) is 11.6 Å². The molecule has 2 heteroatoms. The summed E-state index contributed by atoms with van der Waals surface area (Å²) in [6.07, 6.45) is 0. The Balaban J connectivity index is 2.11. The van der Waals surface area contributed by atoms with Gasteiger partial charge in [-0.1, -0.05) is 0 Å². The van der Waals surface area contributed by atoms with Gasteiger partial charge in [-0.25, -0.2) is 0 Å². The van der Waals surface area contributed by atoms with Gasteiger partial charge in [-0.05, 0) is 0 Å². The van der Waals surface area contributed by atoms with Crippen molar-refractivity contribution in [2.75, 3.05) is 0 Å². The molecule has 0 N–H and O–H groups in total. The molecule has 3 rings (SSSR count). The van der Waals surface area contributed by atoms with E-state index in [0.29, 0.717) is 0 Å². The molecule has 0 unspecified atom stereocenters. The normalized spacial score (nSPS) is 10.7. The third kappa shape index (κ3) is 3.08. The standard InChI is InChI=1S/C6H4Cl.2C6H5.Sb/c7-6-4-2-1-3-5-6;2*1-2-4-6-5-3-1;/h2-5H;2*1-5H;. The SMILES string of the molecule is Clc1cc[c]([Sb]([c]2ccccc2)[c]2ccccc2)cc1. The Labute approximate surface area is 132 Å². The maximum absolute atomic E-state index is 6.03. The predicted octanol–water partition coefficient (Wildman–Crippen LogP) is 2.86. The van der Waals surface area contributed by atoms with Gasteiger partial charge in [0, 0.05) is 0 Å². The first kappa shape index (κ1) is 13.7. The summed E-state index contributed by atoms with van der Waals surface area (Å²) in [5, 5.41) is 0.801. The molecule has 3 aromatic rings. The quantitative estimate of drug-likeness (QED) is 0.607. The second-order valence-corrected chi connectivity index (χ2v) is 11.3. The van der Waals surface area contributed by atoms with E-state index in [0.717, 1.165) is 5.02 Å². The first-order chi connectivity index (χ1) is 9.84. The second kappa shape index (κ2) is 6.48. The molecule has 98 valence electrons. The van der Waals surface area contributed by atoms with Crippen LogP contribution >= 0.6 is 11.6 Å². The molecule has 0 atom stereocenters. The van der Waals surface area contributed by atoms with Crippen LogP contribution in [0.15, 0.2) is 84.9 Å². The van der Waals surface area contributed by atoms with E-state index in [9.17, 15) is 0 Å². The molecule has 0 nitrogen and oxygen atoms in total. The second-order valence-electron chi connectivity index (χ2n) is 4.48. The number of rotatable bonds is 3. The van der Waals surface area contributed by atoms with E-state index in [1.165, 1.54) is 10.5 Å². The third-order valence-electron chi connectivity index (χ3n) is 3.11. The van der Waals surface area contributed by atoms with E-state index in [1.807, 2.05) is 12.1 Å². The van der Waals surface area contributed by atoms with Gasteiger partial charge in [-0.15, -0.1) is 0 Å².